The fourth-order valence-corrected chi connectivity index (χ4v) is 1.44. The molecule has 1 amide bonds. The van der Waals surface area contributed by atoms with Gasteiger partial charge in [-0.05, 0) is 18.2 Å². The van der Waals surface area contributed by atoms with Crippen molar-refractivity contribution in [2.45, 2.75) is 6.04 Å². The number of carbonyl (C=O) groups is 1. The van der Waals surface area contributed by atoms with E-state index in [1.807, 2.05) is 6.07 Å². The molecule has 5 heteroatoms. The van der Waals surface area contributed by atoms with Crippen molar-refractivity contribution in [1.29, 1.82) is 5.26 Å². The number of benzene rings is 1. The lowest BCUT2D eigenvalue weighted by molar-refractivity contribution is -0.116. The van der Waals surface area contributed by atoms with E-state index in [1.165, 1.54) is 14.2 Å². The summed E-state index contributed by atoms with van der Waals surface area (Å²) in [5, 5.41) is 11.6. The van der Waals surface area contributed by atoms with Crippen LogP contribution in [0.3, 0.4) is 0 Å². The van der Waals surface area contributed by atoms with Gasteiger partial charge < -0.3 is 14.8 Å². The first-order chi connectivity index (χ1) is 8.65. The standard InChI is InChI=1S/C13H14N2O3/c1-4-13(16)15-11(8-14)10-6-5-9(17-2)7-12(10)18-3/h4-7,11H,1H2,2-3H3,(H,15,16). The summed E-state index contributed by atoms with van der Waals surface area (Å²) < 4.78 is 10.2. The van der Waals surface area contributed by atoms with Crippen molar-refractivity contribution in [2.75, 3.05) is 14.2 Å². The summed E-state index contributed by atoms with van der Waals surface area (Å²) in [5.74, 6) is 0.673. The predicted molar refractivity (Wildman–Crippen MR) is 66.2 cm³/mol. The lowest BCUT2D eigenvalue weighted by atomic mass is 10.1. The third-order valence-corrected chi connectivity index (χ3v) is 2.35. The fourth-order valence-electron chi connectivity index (χ4n) is 1.44. The highest BCUT2D eigenvalue weighted by Gasteiger charge is 2.17. The van der Waals surface area contributed by atoms with Crippen molar-refractivity contribution in [2.24, 2.45) is 0 Å². The van der Waals surface area contributed by atoms with Crippen LogP contribution in [-0.2, 0) is 4.79 Å². The quantitative estimate of drug-likeness (QED) is 0.800. The summed E-state index contributed by atoms with van der Waals surface area (Å²) in [6.45, 7) is 3.34. The second-order valence-electron chi connectivity index (χ2n) is 3.38. The van der Waals surface area contributed by atoms with Crippen LogP contribution in [0.15, 0.2) is 30.9 Å². The van der Waals surface area contributed by atoms with Crippen LogP contribution in [0.5, 0.6) is 11.5 Å². The molecule has 94 valence electrons. The SMILES string of the molecule is C=CC(=O)NC(C#N)c1ccc(OC)cc1OC. The molecule has 1 unspecified atom stereocenters. The molecule has 1 atom stereocenters. The van der Waals surface area contributed by atoms with Gasteiger partial charge in [-0.1, -0.05) is 6.58 Å². The minimum absolute atomic E-state index is 0.417. The molecule has 0 saturated heterocycles. The van der Waals surface area contributed by atoms with E-state index in [2.05, 4.69) is 11.9 Å². The molecule has 1 N–H and O–H groups in total. The van der Waals surface area contributed by atoms with Crippen LogP contribution in [-0.4, -0.2) is 20.1 Å². The molecule has 0 aliphatic carbocycles. The maximum Gasteiger partial charge on any atom is 0.244 e. The van der Waals surface area contributed by atoms with Gasteiger partial charge in [-0.15, -0.1) is 0 Å². The molecule has 0 bridgehead atoms. The number of methoxy groups -OCH3 is 2. The van der Waals surface area contributed by atoms with Crippen LogP contribution >= 0.6 is 0 Å². The zero-order valence-corrected chi connectivity index (χ0v) is 10.3. The Bertz CT molecular complexity index is 491. The van der Waals surface area contributed by atoms with Gasteiger partial charge in [-0.25, -0.2) is 0 Å². The number of ether oxygens (including phenoxy) is 2. The van der Waals surface area contributed by atoms with Crippen molar-refractivity contribution in [1.82, 2.24) is 5.32 Å². The van der Waals surface area contributed by atoms with Crippen LogP contribution < -0.4 is 14.8 Å². The van der Waals surface area contributed by atoms with E-state index in [4.69, 9.17) is 14.7 Å². The summed E-state index contributed by atoms with van der Waals surface area (Å²) >= 11 is 0. The first-order valence-corrected chi connectivity index (χ1v) is 5.20. The molecule has 0 radical (unpaired) electrons. The molecule has 1 aromatic rings. The Balaban J connectivity index is 3.09. The highest BCUT2D eigenvalue weighted by Crippen LogP contribution is 2.29. The number of nitriles is 1. The molecule has 18 heavy (non-hydrogen) atoms. The smallest absolute Gasteiger partial charge is 0.244 e. The number of nitrogens with zero attached hydrogens (tertiary/aromatic N) is 1. The zero-order chi connectivity index (χ0) is 13.5. The van der Waals surface area contributed by atoms with E-state index in [0.717, 1.165) is 6.08 Å². The molecular formula is C13H14N2O3. The maximum absolute atomic E-state index is 11.2. The highest BCUT2D eigenvalue weighted by molar-refractivity contribution is 5.87. The van der Waals surface area contributed by atoms with Crippen LogP contribution in [0.2, 0.25) is 0 Å². The number of amides is 1. The topological polar surface area (TPSA) is 71.4 Å². The Kier molecular flexibility index (Phi) is 4.76. The molecular weight excluding hydrogens is 232 g/mol. The highest BCUT2D eigenvalue weighted by atomic mass is 16.5. The molecule has 1 aromatic carbocycles. The molecule has 5 nitrogen and oxygen atoms in total. The third-order valence-electron chi connectivity index (χ3n) is 2.35. The first-order valence-electron chi connectivity index (χ1n) is 5.20. The summed E-state index contributed by atoms with van der Waals surface area (Å²) in [5.41, 5.74) is 0.566. The van der Waals surface area contributed by atoms with Crippen LogP contribution in [0, 0.1) is 11.3 Å². The minimum Gasteiger partial charge on any atom is -0.497 e. The van der Waals surface area contributed by atoms with Crippen LogP contribution in [0.4, 0.5) is 0 Å². The maximum atomic E-state index is 11.2. The lowest BCUT2D eigenvalue weighted by Gasteiger charge is -2.15. The first kappa shape index (κ1) is 13.6. The van der Waals surface area contributed by atoms with E-state index in [-0.39, 0.29) is 0 Å². The second kappa shape index (κ2) is 6.30. The van der Waals surface area contributed by atoms with Gasteiger partial charge in [0.2, 0.25) is 5.91 Å². The average Bonchev–Trinajstić information content (AvgIpc) is 2.43. The second-order valence-corrected chi connectivity index (χ2v) is 3.38. The number of hydrogen-bond donors (Lipinski definition) is 1. The largest absolute Gasteiger partial charge is 0.497 e. The third kappa shape index (κ3) is 3.01. The predicted octanol–water partition coefficient (Wildman–Crippen LogP) is 1.57. The van der Waals surface area contributed by atoms with E-state index in [9.17, 15) is 4.79 Å². The molecule has 1 rings (SSSR count). The molecule has 0 aliphatic rings. The van der Waals surface area contributed by atoms with Gasteiger partial charge in [0.05, 0.1) is 20.3 Å². The Morgan fingerprint density at radius 2 is 2.22 bits per heavy atom. The Hall–Kier alpha value is -2.48. The van der Waals surface area contributed by atoms with E-state index < -0.39 is 11.9 Å². The Labute approximate surface area is 106 Å². The molecule has 0 saturated carbocycles. The fraction of sp³-hybridized carbons (Fsp3) is 0.231. The number of hydrogen-bond acceptors (Lipinski definition) is 4. The molecule has 0 aromatic heterocycles. The zero-order valence-electron chi connectivity index (χ0n) is 10.3. The molecule has 0 fully saturated rings. The summed E-state index contributed by atoms with van der Waals surface area (Å²) in [6, 6.07) is 6.22. The summed E-state index contributed by atoms with van der Waals surface area (Å²) in [7, 11) is 3.03. The van der Waals surface area contributed by atoms with Gasteiger partial charge in [-0.3, -0.25) is 4.79 Å². The van der Waals surface area contributed by atoms with Crippen LogP contribution in [0.25, 0.3) is 0 Å². The van der Waals surface area contributed by atoms with Crippen LogP contribution in [0.1, 0.15) is 11.6 Å². The number of rotatable bonds is 5. The van der Waals surface area contributed by atoms with Gasteiger partial charge in [-0.2, -0.15) is 5.26 Å². The summed E-state index contributed by atoms with van der Waals surface area (Å²) in [6.07, 6.45) is 1.11. The van der Waals surface area contributed by atoms with Crippen molar-refractivity contribution >= 4 is 5.91 Å². The molecule has 0 heterocycles. The number of nitrogens with one attached hydrogen (secondary N) is 1. The minimum atomic E-state index is -0.795. The van der Waals surface area contributed by atoms with Crippen molar-refractivity contribution in [3.63, 3.8) is 0 Å². The van der Waals surface area contributed by atoms with Crippen molar-refractivity contribution < 1.29 is 14.3 Å². The van der Waals surface area contributed by atoms with Gasteiger partial charge in [0.25, 0.3) is 0 Å². The van der Waals surface area contributed by atoms with Gasteiger partial charge in [0.15, 0.2) is 0 Å². The van der Waals surface area contributed by atoms with Gasteiger partial charge >= 0.3 is 0 Å². The van der Waals surface area contributed by atoms with E-state index >= 15 is 0 Å². The molecule has 0 aliphatic heterocycles. The lowest BCUT2D eigenvalue weighted by Crippen LogP contribution is -2.25. The van der Waals surface area contributed by atoms with Gasteiger partial charge in [0, 0.05) is 11.6 Å². The summed E-state index contributed by atoms with van der Waals surface area (Å²) in [4.78, 5) is 11.2. The van der Waals surface area contributed by atoms with E-state index in [0.29, 0.717) is 17.1 Å². The number of carbonyl (C=O) groups excluding carboxylic acids is 1. The average molecular weight is 246 g/mol. The normalized spacial score (nSPS) is 10.9. The van der Waals surface area contributed by atoms with Crippen molar-refractivity contribution in [3.8, 4) is 17.6 Å². The Morgan fingerprint density at radius 3 is 2.72 bits per heavy atom. The van der Waals surface area contributed by atoms with E-state index in [1.54, 1.807) is 18.2 Å². The van der Waals surface area contributed by atoms with Gasteiger partial charge in [0.1, 0.15) is 17.5 Å². The monoisotopic (exact) mass is 246 g/mol. The van der Waals surface area contributed by atoms with Crippen molar-refractivity contribution in [3.05, 3.63) is 36.4 Å². The Morgan fingerprint density at radius 1 is 1.50 bits per heavy atom. The molecule has 0 spiro atoms.